The first-order chi connectivity index (χ1) is 15.1. The number of thiophene rings is 1. The Labute approximate surface area is 195 Å². The van der Waals surface area contributed by atoms with Gasteiger partial charge in [0, 0.05) is 36.1 Å². The number of carbonyl (C=O) groups is 1. The number of aryl methyl sites for hydroxylation is 1. The first-order valence-corrected chi connectivity index (χ1v) is 12.5. The van der Waals surface area contributed by atoms with Crippen LogP contribution in [-0.2, 0) is 21.4 Å². The molecular weight excluding hydrogens is 470 g/mol. The number of rotatable bonds is 6. The van der Waals surface area contributed by atoms with E-state index in [0.29, 0.717) is 35.8 Å². The molecule has 0 spiro atoms. The number of sulfonamides is 1. The Hall–Kier alpha value is -2.53. The highest BCUT2D eigenvalue weighted by Gasteiger charge is 2.41. The Morgan fingerprint density at radius 1 is 1.38 bits per heavy atom. The standard InChI is InChI=1S/C21H22ClN5O3S2/c1-12-15-10-14(22)3-4-18(15)31-21(12)32(29,30)26(2)17-6-8-27(20(17)28)11-13-5-7-25-16(9-13)19(23)24/h3-5,7,9-10,17H,6,8,11H2,1-2H3,(H3,23,24). The van der Waals surface area contributed by atoms with Gasteiger partial charge in [-0.25, -0.2) is 8.42 Å². The zero-order chi connectivity index (χ0) is 23.2. The number of likely N-dealkylation sites (N-methyl/N-ethyl adjacent to an activating group) is 1. The van der Waals surface area contributed by atoms with Crippen LogP contribution in [0.25, 0.3) is 10.1 Å². The molecule has 2 aromatic heterocycles. The van der Waals surface area contributed by atoms with Crippen molar-refractivity contribution in [1.29, 1.82) is 5.41 Å². The third kappa shape index (κ3) is 3.99. The third-order valence-electron chi connectivity index (χ3n) is 5.65. The molecule has 32 heavy (non-hydrogen) atoms. The van der Waals surface area contributed by atoms with E-state index >= 15 is 0 Å². The summed E-state index contributed by atoms with van der Waals surface area (Å²) in [5.41, 5.74) is 7.24. The lowest BCUT2D eigenvalue weighted by atomic mass is 10.2. The fourth-order valence-electron chi connectivity index (χ4n) is 3.87. The molecule has 0 radical (unpaired) electrons. The van der Waals surface area contributed by atoms with Crippen LogP contribution in [0.1, 0.15) is 23.2 Å². The van der Waals surface area contributed by atoms with E-state index in [-0.39, 0.29) is 16.0 Å². The Morgan fingerprint density at radius 3 is 2.84 bits per heavy atom. The molecule has 3 aromatic rings. The second kappa shape index (κ2) is 8.43. The maximum Gasteiger partial charge on any atom is 0.253 e. The Kier molecular flexibility index (Phi) is 5.97. The van der Waals surface area contributed by atoms with Crippen molar-refractivity contribution < 1.29 is 13.2 Å². The monoisotopic (exact) mass is 491 g/mol. The van der Waals surface area contributed by atoms with Gasteiger partial charge in [0.25, 0.3) is 10.0 Å². The van der Waals surface area contributed by atoms with Gasteiger partial charge in [-0.05, 0) is 60.2 Å². The topological polar surface area (TPSA) is 120 Å². The number of amides is 1. The lowest BCUT2D eigenvalue weighted by molar-refractivity contribution is -0.131. The number of likely N-dealkylation sites (tertiary alicyclic amines) is 1. The zero-order valence-corrected chi connectivity index (χ0v) is 19.9. The summed E-state index contributed by atoms with van der Waals surface area (Å²) in [6, 6.07) is 7.93. The van der Waals surface area contributed by atoms with Crippen molar-refractivity contribution in [3.05, 3.63) is 58.4 Å². The van der Waals surface area contributed by atoms with Crippen LogP contribution in [0.2, 0.25) is 5.02 Å². The third-order valence-corrected chi connectivity index (χ3v) is 9.62. The van der Waals surface area contributed by atoms with Gasteiger partial charge in [-0.1, -0.05) is 11.6 Å². The van der Waals surface area contributed by atoms with Crippen molar-refractivity contribution in [3.8, 4) is 0 Å². The number of hydrogen-bond donors (Lipinski definition) is 2. The SMILES string of the molecule is Cc1c(S(=O)(=O)N(C)C2CCN(Cc3ccnc(C(=N)N)c3)C2=O)sc2ccc(Cl)cc12. The summed E-state index contributed by atoms with van der Waals surface area (Å²) in [5.74, 6) is -0.401. The average molecular weight is 492 g/mol. The number of carbonyl (C=O) groups excluding carboxylic acids is 1. The molecule has 11 heteroatoms. The van der Waals surface area contributed by atoms with Crippen molar-refractivity contribution in [2.24, 2.45) is 5.73 Å². The van der Waals surface area contributed by atoms with Gasteiger partial charge in [0.15, 0.2) is 0 Å². The Morgan fingerprint density at radius 2 is 2.12 bits per heavy atom. The molecule has 1 atom stereocenters. The van der Waals surface area contributed by atoms with Crippen LogP contribution in [0.4, 0.5) is 0 Å². The number of amidine groups is 1. The fourth-order valence-corrected chi connectivity index (χ4v) is 7.30. The van der Waals surface area contributed by atoms with Crippen LogP contribution in [-0.4, -0.2) is 54.0 Å². The Balaban J connectivity index is 1.57. The minimum Gasteiger partial charge on any atom is -0.382 e. The van der Waals surface area contributed by atoms with E-state index in [2.05, 4.69) is 4.98 Å². The van der Waals surface area contributed by atoms with Gasteiger partial charge in [0.1, 0.15) is 21.8 Å². The molecule has 1 saturated heterocycles. The molecule has 0 aliphatic carbocycles. The van der Waals surface area contributed by atoms with Crippen molar-refractivity contribution in [3.63, 3.8) is 0 Å². The normalized spacial score (nSPS) is 16.9. The van der Waals surface area contributed by atoms with E-state index in [4.69, 9.17) is 22.7 Å². The highest BCUT2D eigenvalue weighted by atomic mass is 35.5. The molecule has 1 aromatic carbocycles. The van der Waals surface area contributed by atoms with Gasteiger partial charge in [-0.2, -0.15) is 4.31 Å². The van der Waals surface area contributed by atoms with E-state index in [1.54, 1.807) is 42.2 Å². The van der Waals surface area contributed by atoms with E-state index in [1.807, 2.05) is 0 Å². The van der Waals surface area contributed by atoms with Crippen LogP contribution in [0, 0.1) is 12.3 Å². The zero-order valence-electron chi connectivity index (χ0n) is 17.5. The number of pyridine rings is 1. The number of aromatic nitrogens is 1. The number of nitrogen functional groups attached to an aromatic ring is 1. The van der Waals surface area contributed by atoms with Crippen molar-refractivity contribution >= 4 is 54.8 Å². The number of hydrogen-bond acceptors (Lipinski definition) is 6. The average Bonchev–Trinajstić information content (AvgIpc) is 3.28. The van der Waals surface area contributed by atoms with Crippen LogP contribution in [0.3, 0.4) is 0 Å². The van der Waals surface area contributed by atoms with Gasteiger partial charge in [0.2, 0.25) is 5.91 Å². The molecule has 8 nitrogen and oxygen atoms in total. The van der Waals surface area contributed by atoms with Crippen molar-refractivity contribution in [2.75, 3.05) is 13.6 Å². The van der Waals surface area contributed by atoms with Crippen LogP contribution >= 0.6 is 22.9 Å². The van der Waals surface area contributed by atoms with Crippen molar-refractivity contribution in [2.45, 2.75) is 30.1 Å². The minimum absolute atomic E-state index is 0.150. The smallest absolute Gasteiger partial charge is 0.253 e. The van der Waals surface area contributed by atoms with Crippen LogP contribution in [0.15, 0.2) is 40.7 Å². The quantitative estimate of drug-likeness (QED) is 0.405. The summed E-state index contributed by atoms with van der Waals surface area (Å²) in [6.07, 6.45) is 1.94. The second-order valence-electron chi connectivity index (χ2n) is 7.70. The number of nitrogens with one attached hydrogen (secondary N) is 1. The number of benzene rings is 1. The molecule has 3 N–H and O–H groups in total. The molecule has 0 saturated carbocycles. The molecule has 1 aliphatic rings. The molecule has 4 rings (SSSR count). The van der Waals surface area contributed by atoms with Gasteiger partial charge in [0.05, 0.1) is 0 Å². The maximum absolute atomic E-state index is 13.4. The van der Waals surface area contributed by atoms with Gasteiger partial charge >= 0.3 is 0 Å². The number of fused-ring (bicyclic) bond motifs is 1. The fraction of sp³-hybridized carbons (Fsp3) is 0.286. The molecule has 3 heterocycles. The number of nitrogens with zero attached hydrogens (tertiary/aromatic N) is 3. The molecule has 1 fully saturated rings. The van der Waals surface area contributed by atoms with Gasteiger partial charge in [-0.3, -0.25) is 15.2 Å². The largest absolute Gasteiger partial charge is 0.382 e. The summed E-state index contributed by atoms with van der Waals surface area (Å²) >= 11 is 7.26. The first-order valence-electron chi connectivity index (χ1n) is 9.84. The second-order valence-corrected chi connectivity index (χ2v) is 11.4. The number of nitrogens with two attached hydrogens (primary N) is 1. The lowest BCUT2D eigenvalue weighted by Gasteiger charge is -2.23. The molecule has 168 valence electrons. The summed E-state index contributed by atoms with van der Waals surface area (Å²) in [6.45, 7) is 2.49. The van der Waals surface area contributed by atoms with E-state index in [0.717, 1.165) is 15.6 Å². The van der Waals surface area contributed by atoms with E-state index in [1.165, 1.54) is 28.9 Å². The van der Waals surface area contributed by atoms with Crippen LogP contribution < -0.4 is 5.73 Å². The summed E-state index contributed by atoms with van der Waals surface area (Å²) in [7, 11) is -2.41. The summed E-state index contributed by atoms with van der Waals surface area (Å²) in [5, 5.41) is 8.86. The lowest BCUT2D eigenvalue weighted by Crippen LogP contribution is -2.42. The minimum atomic E-state index is -3.87. The summed E-state index contributed by atoms with van der Waals surface area (Å²) in [4.78, 5) is 18.7. The van der Waals surface area contributed by atoms with E-state index < -0.39 is 16.1 Å². The van der Waals surface area contributed by atoms with Crippen LogP contribution in [0.5, 0.6) is 0 Å². The predicted octanol–water partition coefficient (Wildman–Crippen LogP) is 2.96. The molecule has 1 aliphatic heterocycles. The highest BCUT2D eigenvalue weighted by Crippen LogP contribution is 2.37. The molecule has 1 amide bonds. The molecule has 1 unspecified atom stereocenters. The first kappa shape index (κ1) is 22.7. The molecule has 0 bridgehead atoms. The number of halogens is 1. The summed E-state index contributed by atoms with van der Waals surface area (Å²) < 4.78 is 29.1. The maximum atomic E-state index is 13.4. The highest BCUT2D eigenvalue weighted by molar-refractivity contribution is 7.91. The van der Waals surface area contributed by atoms with Crippen molar-refractivity contribution in [1.82, 2.24) is 14.2 Å². The van der Waals surface area contributed by atoms with Gasteiger partial charge in [-0.15, -0.1) is 11.3 Å². The Bertz CT molecular complexity index is 1340. The molecular formula is C21H22ClN5O3S2. The van der Waals surface area contributed by atoms with Gasteiger partial charge < -0.3 is 10.6 Å². The predicted molar refractivity (Wildman–Crippen MR) is 126 cm³/mol. The van der Waals surface area contributed by atoms with E-state index in [9.17, 15) is 13.2 Å².